The summed E-state index contributed by atoms with van der Waals surface area (Å²) in [5, 5.41) is 9.04. The number of pyridine rings is 1. The second kappa shape index (κ2) is 5.31. The highest BCUT2D eigenvalue weighted by atomic mass is 16.5. The highest BCUT2D eigenvalue weighted by Crippen LogP contribution is 1.99. The van der Waals surface area contributed by atoms with Crippen molar-refractivity contribution in [3.8, 4) is 0 Å². The van der Waals surface area contributed by atoms with Gasteiger partial charge in [0, 0.05) is 18.9 Å². The highest BCUT2D eigenvalue weighted by Gasteiger charge is 2.09. The molecule has 0 saturated carbocycles. The van der Waals surface area contributed by atoms with Crippen LogP contribution in [0.2, 0.25) is 0 Å². The Bertz CT molecular complexity index is 289. The van der Waals surface area contributed by atoms with Crippen molar-refractivity contribution < 1.29 is 14.6 Å². The normalized spacial score (nSPS) is 12.1. The third-order valence-corrected chi connectivity index (χ3v) is 1.58. The van der Waals surface area contributed by atoms with Crippen LogP contribution in [-0.4, -0.2) is 35.3 Å². The molecule has 0 saturated heterocycles. The lowest BCUT2D eigenvalue weighted by atomic mass is 10.3. The van der Waals surface area contributed by atoms with Crippen LogP contribution in [0.1, 0.15) is 10.4 Å². The summed E-state index contributed by atoms with van der Waals surface area (Å²) in [5.74, 6) is -0.509. The van der Waals surface area contributed by atoms with Gasteiger partial charge in [-0.1, -0.05) is 0 Å². The van der Waals surface area contributed by atoms with Crippen molar-refractivity contribution in [2.45, 2.75) is 6.10 Å². The minimum absolute atomic E-state index is 0.0698. The molecule has 14 heavy (non-hydrogen) atoms. The van der Waals surface area contributed by atoms with E-state index in [9.17, 15) is 4.79 Å². The topological polar surface area (TPSA) is 85.4 Å². The molecule has 1 atom stereocenters. The van der Waals surface area contributed by atoms with Crippen molar-refractivity contribution in [1.29, 1.82) is 0 Å². The van der Waals surface area contributed by atoms with Crippen molar-refractivity contribution >= 4 is 5.97 Å². The molecular weight excluding hydrogens is 184 g/mol. The third-order valence-electron chi connectivity index (χ3n) is 1.58. The molecule has 76 valence electrons. The average molecular weight is 196 g/mol. The fourth-order valence-corrected chi connectivity index (χ4v) is 0.807. The van der Waals surface area contributed by atoms with E-state index in [1.807, 2.05) is 0 Å². The number of carbonyl (C=O) groups is 1. The average Bonchev–Trinajstić information content (AvgIpc) is 2.26. The predicted molar refractivity (Wildman–Crippen MR) is 49.6 cm³/mol. The molecule has 1 aromatic heterocycles. The Labute approximate surface area is 81.5 Å². The number of hydrogen-bond acceptors (Lipinski definition) is 5. The Morgan fingerprint density at radius 3 is 3.07 bits per heavy atom. The van der Waals surface area contributed by atoms with E-state index in [1.165, 1.54) is 6.20 Å². The zero-order valence-corrected chi connectivity index (χ0v) is 7.59. The number of ether oxygens (including phenoxy) is 1. The molecule has 1 unspecified atom stereocenters. The van der Waals surface area contributed by atoms with Crippen molar-refractivity contribution in [2.75, 3.05) is 13.2 Å². The highest BCUT2D eigenvalue weighted by molar-refractivity contribution is 5.88. The van der Waals surface area contributed by atoms with E-state index in [2.05, 4.69) is 4.98 Å². The minimum atomic E-state index is -0.810. The van der Waals surface area contributed by atoms with Gasteiger partial charge in [0.2, 0.25) is 0 Å². The van der Waals surface area contributed by atoms with Gasteiger partial charge in [-0.25, -0.2) is 4.79 Å². The summed E-state index contributed by atoms with van der Waals surface area (Å²) < 4.78 is 4.77. The van der Waals surface area contributed by atoms with Gasteiger partial charge in [-0.15, -0.1) is 0 Å². The van der Waals surface area contributed by atoms with Gasteiger partial charge in [-0.05, 0) is 12.1 Å². The Hall–Kier alpha value is -1.46. The van der Waals surface area contributed by atoms with E-state index in [4.69, 9.17) is 15.6 Å². The monoisotopic (exact) mass is 196 g/mol. The van der Waals surface area contributed by atoms with Crippen LogP contribution in [0.15, 0.2) is 24.5 Å². The molecule has 0 aliphatic heterocycles. The molecule has 0 aliphatic rings. The van der Waals surface area contributed by atoms with Crippen molar-refractivity contribution in [3.05, 3.63) is 30.1 Å². The Kier molecular flexibility index (Phi) is 4.03. The van der Waals surface area contributed by atoms with Crippen LogP contribution in [0, 0.1) is 0 Å². The largest absolute Gasteiger partial charge is 0.459 e. The van der Waals surface area contributed by atoms with Gasteiger partial charge in [-0.2, -0.15) is 0 Å². The molecule has 1 heterocycles. The lowest BCUT2D eigenvalue weighted by molar-refractivity contribution is 0.0277. The number of hydrogen-bond donors (Lipinski definition) is 2. The SMILES string of the molecule is NCC(O)COC(=O)c1cccnc1. The third kappa shape index (κ3) is 3.12. The molecule has 0 amide bonds. The molecule has 3 N–H and O–H groups in total. The lowest BCUT2D eigenvalue weighted by Gasteiger charge is -2.08. The summed E-state index contributed by atoms with van der Waals surface area (Å²) in [6.07, 6.45) is 2.15. The number of nitrogens with two attached hydrogens (primary N) is 1. The molecule has 0 fully saturated rings. The van der Waals surface area contributed by atoms with Crippen LogP contribution in [0.4, 0.5) is 0 Å². The fraction of sp³-hybridized carbons (Fsp3) is 0.333. The zero-order chi connectivity index (χ0) is 10.4. The van der Waals surface area contributed by atoms with Crippen molar-refractivity contribution in [2.24, 2.45) is 5.73 Å². The smallest absolute Gasteiger partial charge is 0.339 e. The minimum Gasteiger partial charge on any atom is -0.459 e. The molecule has 0 spiro atoms. The maximum atomic E-state index is 11.3. The van der Waals surface area contributed by atoms with Gasteiger partial charge in [-0.3, -0.25) is 4.98 Å². The Morgan fingerprint density at radius 1 is 1.71 bits per heavy atom. The summed E-state index contributed by atoms with van der Waals surface area (Å²) in [7, 11) is 0. The number of aliphatic hydroxyl groups is 1. The summed E-state index contributed by atoms with van der Waals surface area (Å²) in [4.78, 5) is 15.0. The maximum absolute atomic E-state index is 11.3. The van der Waals surface area contributed by atoms with Crippen molar-refractivity contribution in [1.82, 2.24) is 4.98 Å². The first-order valence-electron chi connectivity index (χ1n) is 4.19. The number of aliphatic hydroxyl groups excluding tert-OH is 1. The predicted octanol–water partition coefficient (Wildman–Crippen LogP) is -0.442. The molecule has 0 radical (unpaired) electrons. The van der Waals surface area contributed by atoms with Gasteiger partial charge < -0.3 is 15.6 Å². The first-order valence-corrected chi connectivity index (χ1v) is 4.19. The number of rotatable bonds is 4. The lowest BCUT2D eigenvalue weighted by Crippen LogP contribution is -2.26. The van der Waals surface area contributed by atoms with Crippen molar-refractivity contribution in [3.63, 3.8) is 0 Å². The van der Waals surface area contributed by atoms with E-state index in [-0.39, 0.29) is 13.2 Å². The molecule has 0 bridgehead atoms. The van der Waals surface area contributed by atoms with Crippen LogP contribution >= 0.6 is 0 Å². The first kappa shape index (κ1) is 10.6. The summed E-state index contributed by atoms with van der Waals surface area (Å²) in [5.41, 5.74) is 5.50. The molecular formula is C9H12N2O3. The number of aromatic nitrogens is 1. The van der Waals surface area contributed by atoms with Crippen LogP contribution in [0.25, 0.3) is 0 Å². The van der Waals surface area contributed by atoms with Gasteiger partial charge in [0.05, 0.1) is 5.56 Å². The van der Waals surface area contributed by atoms with Crippen LogP contribution in [-0.2, 0) is 4.74 Å². The molecule has 5 heteroatoms. The van der Waals surface area contributed by atoms with Gasteiger partial charge in [0.1, 0.15) is 12.7 Å². The van der Waals surface area contributed by atoms with Gasteiger partial charge in [0.25, 0.3) is 0 Å². The van der Waals surface area contributed by atoms with E-state index in [0.29, 0.717) is 5.56 Å². The molecule has 1 rings (SSSR count). The molecule has 5 nitrogen and oxygen atoms in total. The summed E-state index contributed by atoms with van der Waals surface area (Å²) in [6, 6.07) is 3.22. The fourth-order valence-electron chi connectivity index (χ4n) is 0.807. The quantitative estimate of drug-likeness (QED) is 0.637. The Balaban J connectivity index is 2.44. The van der Waals surface area contributed by atoms with Gasteiger partial charge in [0.15, 0.2) is 0 Å². The maximum Gasteiger partial charge on any atom is 0.339 e. The van der Waals surface area contributed by atoms with Crippen LogP contribution in [0.3, 0.4) is 0 Å². The van der Waals surface area contributed by atoms with Crippen LogP contribution < -0.4 is 5.73 Å². The summed E-state index contributed by atoms with van der Waals surface area (Å²) in [6.45, 7) is -0.0233. The zero-order valence-electron chi connectivity index (χ0n) is 7.59. The van der Waals surface area contributed by atoms with E-state index < -0.39 is 12.1 Å². The second-order valence-electron chi connectivity index (χ2n) is 2.73. The molecule has 0 aromatic carbocycles. The second-order valence-corrected chi connectivity index (χ2v) is 2.73. The van der Waals surface area contributed by atoms with E-state index in [0.717, 1.165) is 0 Å². The Morgan fingerprint density at radius 2 is 2.50 bits per heavy atom. The van der Waals surface area contributed by atoms with E-state index in [1.54, 1.807) is 18.3 Å². The van der Waals surface area contributed by atoms with Crippen LogP contribution in [0.5, 0.6) is 0 Å². The molecule has 1 aromatic rings. The van der Waals surface area contributed by atoms with E-state index >= 15 is 0 Å². The molecule has 0 aliphatic carbocycles. The van der Waals surface area contributed by atoms with Gasteiger partial charge >= 0.3 is 5.97 Å². The number of esters is 1. The first-order chi connectivity index (χ1) is 6.74. The number of nitrogens with zero attached hydrogens (tertiary/aromatic N) is 1. The standard InChI is InChI=1S/C9H12N2O3/c10-4-8(12)6-14-9(13)7-2-1-3-11-5-7/h1-3,5,8,12H,4,6,10H2. The number of carbonyl (C=O) groups excluding carboxylic acids is 1. The summed E-state index contributed by atoms with van der Waals surface area (Å²) >= 11 is 0.